The van der Waals surface area contributed by atoms with Crippen LogP contribution in [0.3, 0.4) is 0 Å². The van der Waals surface area contributed by atoms with E-state index in [2.05, 4.69) is 0 Å². The van der Waals surface area contributed by atoms with Gasteiger partial charge in [-0.05, 0) is 55.3 Å². The smallest absolute Gasteiger partial charge is 0.288 e. The summed E-state index contributed by atoms with van der Waals surface area (Å²) >= 11 is 0. The third kappa shape index (κ3) is 3.48. The van der Waals surface area contributed by atoms with Gasteiger partial charge >= 0.3 is 12.2 Å². The number of hydrogen-bond acceptors (Lipinski definition) is 3. The van der Waals surface area contributed by atoms with Gasteiger partial charge in [0.15, 0.2) is 9.84 Å². The van der Waals surface area contributed by atoms with Crippen LogP contribution in [0.2, 0.25) is 0 Å². The molecule has 0 radical (unpaired) electrons. The molecule has 29 heavy (non-hydrogen) atoms. The first-order chi connectivity index (χ1) is 13.5. The van der Waals surface area contributed by atoms with Crippen molar-refractivity contribution in [1.29, 1.82) is 0 Å². The molecule has 0 spiro atoms. The maximum Gasteiger partial charge on any atom is 0.416 e. The van der Waals surface area contributed by atoms with E-state index in [1.165, 1.54) is 21.9 Å². The van der Waals surface area contributed by atoms with Crippen LogP contribution in [0, 0.1) is 13.8 Å². The minimum Gasteiger partial charge on any atom is -0.288 e. The molecule has 0 aromatic heterocycles. The molecule has 2 aromatic rings. The number of alkyl halides is 3. The molecular formula is C20H19F3N2O3S. The highest BCUT2D eigenvalue weighted by Crippen LogP contribution is 2.40. The van der Waals surface area contributed by atoms with E-state index in [-0.39, 0.29) is 17.2 Å². The number of benzene rings is 2. The highest BCUT2D eigenvalue weighted by molar-refractivity contribution is 7.91. The van der Waals surface area contributed by atoms with E-state index in [4.69, 9.17) is 0 Å². The second-order valence-electron chi connectivity index (χ2n) is 7.63. The minimum absolute atomic E-state index is 0.0452. The molecule has 0 N–H and O–H groups in total. The molecule has 2 fully saturated rings. The van der Waals surface area contributed by atoms with Crippen molar-refractivity contribution in [3.05, 3.63) is 59.2 Å². The van der Waals surface area contributed by atoms with Gasteiger partial charge in [0.25, 0.3) is 0 Å². The van der Waals surface area contributed by atoms with E-state index in [1.54, 1.807) is 12.1 Å². The summed E-state index contributed by atoms with van der Waals surface area (Å²) in [6.45, 7) is 3.73. The normalized spacial score (nSPS) is 23.6. The van der Waals surface area contributed by atoms with E-state index in [1.807, 2.05) is 19.9 Å². The van der Waals surface area contributed by atoms with Gasteiger partial charge < -0.3 is 0 Å². The van der Waals surface area contributed by atoms with Crippen LogP contribution < -0.4 is 9.80 Å². The number of carbonyl (C=O) groups is 1. The number of aryl methyl sites for hydroxylation is 2. The standard InChI is InChI=1S/C20H19F3N2O3S/c1-12-6-13(2)8-16(7-12)25-18-11-29(27,28)10-17(18)24(19(25)26)15-5-3-4-14(9-15)20(21,22)23/h3-9,17-18H,10-11H2,1-2H3. The van der Waals surface area contributed by atoms with Crippen molar-refractivity contribution in [2.24, 2.45) is 0 Å². The number of amides is 2. The zero-order valence-electron chi connectivity index (χ0n) is 15.8. The fourth-order valence-electron chi connectivity index (χ4n) is 4.23. The van der Waals surface area contributed by atoms with E-state index >= 15 is 0 Å². The van der Waals surface area contributed by atoms with E-state index in [0.29, 0.717) is 5.69 Å². The quantitative estimate of drug-likeness (QED) is 0.687. The van der Waals surface area contributed by atoms with Crippen molar-refractivity contribution >= 4 is 27.2 Å². The fraction of sp³-hybridized carbons (Fsp3) is 0.350. The Morgan fingerprint density at radius 1 is 0.897 bits per heavy atom. The molecule has 5 nitrogen and oxygen atoms in total. The number of sulfone groups is 1. The van der Waals surface area contributed by atoms with Gasteiger partial charge in [0, 0.05) is 11.4 Å². The van der Waals surface area contributed by atoms with Gasteiger partial charge in [0.2, 0.25) is 0 Å². The molecule has 0 bridgehead atoms. The number of fused-ring (bicyclic) bond motifs is 1. The van der Waals surface area contributed by atoms with Crippen molar-refractivity contribution in [2.45, 2.75) is 32.1 Å². The lowest BCUT2D eigenvalue weighted by Gasteiger charge is -2.24. The molecule has 0 saturated carbocycles. The van der Waals surface area contributed by atoms with E-state index in [9.17, 15) is 26.4 Å². The monoisotopic (exact) mass is 424 g/mol. The van der Waals surface area contributed by atoms with E-state index in [0.717, 1.165) is 23.3 Å². The average Bonchev–Trinajstić information content (AvgIpc) is 3.01. The van der Waals surface area contributed by atoms with Crippen LogP contribution in [-0.4, -0.2) is 38.0 Å². The zero-order chi connectivity index (χ0) is 21.1. The van der Waals surface area contributed by atoms with Crippen molar-refractivity contribution in [3.63, 3.8) is 0 Å². The lowest BCUT2D eigenvalue weighted by atomic mass is 10.1. The third-order valence-corrected chi connectivity index (χ3v) is 7.00. The molecule has 2 unspecified atom stereocenters. The summed E-state index contributed by atoms with van der Waals surface area (Å²) in [4.78, 5) is 15.9. The Morgan fingerprint density at radius 3 is 2.00 bits per heavy atom. The Balaban J connectivity index is 1.82. The molecule has 154 valence electrons. The number of halogens is 3. The van der Waals surface area contributed by atoms with Gasteiger partial charge in [-0.1, -0.05) is 12.1 Å². The highest BCUT2D eigenvalue weighted by atomic mass is 32.2. The lowest BCUT2D eigenvalue weighted by Crippen LogP contribution is -2.38. The number of urea groups is 1. The highest BCUT2D eigenvalue weighted by Gasteiger charge is 2.54. The van der Waals surface area contributed by atoms with Crippen molar-refractivity contribution in [3.8, 4) is 0 Å². The fourth-order valence-corrected chi connectivity index (χ4v) is 6.15. The Hall–Kier alpha value is -2.55. The van der Waals surface area contributed by atoms with Crippen LogP contribution >= 0.6 is 0 Å². The molecule has 4 rings (SSSR count). The van der Waals surface area contributed by atoms with Crippen molar-refractivity contribution < 1.29 is 26.4 Å². The molecule has 2 heterocycles. The summed E-state index contributed by atoms with van der Waals surface area (Å²) in [7, 11) is -3.43. The SMILES string of the molecule is Cc1cc(C)cc(N2C(=O)N(c3cccc(C(F)(F)F)c3)C3CS(=O)(=O)CC32)c1. The number of hydrogen-bond donors (Lipinski definition) is 0. The Morgan fingerprint density at radius 2 is 1.45 bits per heavy atom. The van der Waals surface area contributed by atoms with Crippen LogP contribution in [0.5, 0.6) is 0 Å². The van der Waals surface area contributed by atoms with Crippen LogP contribution in [0.25, 0.3) is 0 Å². The molecule has 9 heteroatoms. The van der Waals surface area contributed by atoms with Gasteiger partial charge in [-0.15, -0.1) is 0 Å². The Labute approximate surface area is 166 Å². The molecule has 2 aliphatic rings. The van der Waals surface area contributed by atoms with Gasteiger partial charge in [-0.3, -0.25) is 9.80 Å². The zero-order valence-corrected chi connectivity index (χ0v) is 16.6. The first-order valence-corrected chi connectivity index (χ1v) is 10.9. The molecule has 2 saturated heterocycles. The second-order valence-corrected chi connectivity index (χ2v) is 9.78. The summed E-state index contributed by atoms with van der Waals surface area (Å²) in [6.07, 6.45) is -4.56. The van der Waals surface area contributed by atoms with Crippen LogP contribution in [0.15, 0.2) is 42.5 Å². The second kappa shape index (κ2) is 6.48. The summed E-state index contributed by atoms with van der Waals surface area (Å²) in [6, 6.07) is 8.03. The van der Waals surface area contributed by atoms with Gasteiger partial charge in [0.05, 0.1) is 29.2 Å². The summed E-state index contributed by atoms with van der Waals surface area (Å²) in [5, 5.41) is 0. The average molecular weight is 424 g/mol. The van der Waals surface area contributed by atoms with E-state index < -0.39 is 39.7 Å². The summed E-state index contributed by atoms with van der Waals surface area (Å²) in [5.41, 5.74) is 1.52. The maximum atomic E-state index is 13.3. The van der Waals surface area contributed by atoms with Crippen LogP contribution in [0.4, 0.5) is 29.3 Å². The molecule has 2 amide bonds. The molecular weight excluding hydrogens is 405 g/mol. The molecule has 2 aromatic carbocycles. The predicted molar refractivity (Wildman–Crippen MR) is 104 cm³/mol. The van der Waals surface area contributed by atoms with Crippen LogP contribution in [-0.2, 0) is 16.0 Å². The van der Waals surface area contributed by atoms with Crippen LogP contribution in [0.1, 0.15) is 16.7 Å². The minimum atomic E-state index is -4.56. The number of anilines is 2. The Kier molecular flexibility index (Phi) is 4.41. The molecule has 2 atom stereocenters. The number of carbonyl (C=O) groups excluding carboxylic acids is 1. The van der Waals surface area contributed by atoms with Gasteiger partial charge in [-0.2, -0.15) is 13.2 Å². The molecule has 2 aliphatic heterocycles. The predicted octanol–water partition coefficient (Wildman–Crippen LogP) is 3.93. The van der Waals surface area contributed by atoms with Crippen molar-refractivity contribution in [2.75, 3.05) is 21.3 Å². The number of nitrogens with zero attached hydrogens (tertiary/aromatic N) is 2. The first kappa shape index (κ1) is 19.8. The third-order valence-electron chi connectivity index (χ3n) is 5.31. The maximum absolute atomic E-state index is 13.3. The molecule has 0 aliphatic carbocycles. The lowest BCUT2D eigenvalue weighted by molar-refractivity contribution is -0.137. The topological polar surface area (TPSA) is 57.7 Å². The van der Waals surface area contributed by atoms with Gasteiger partial charge in [-0.25, -0.2) is 13.2 Å². The van der Waals surface area contributed by atoms with Crippen molar-refractivity contribution in [1.82, 2.24) is 0 Å². The summed E-state index contributed by atoms with van der Waals surface area (Å²) < 4.78 is 64.1. The Bertz CT molecular complexity index is 1080. The first-order valence-electron chi connectivity index (χ1n) is 9.05. The summed E-state index contributed by atoms with van der Waals surface area (Å²) in [5.74, 6) is -0.493. The number of rotatable bonds is 2. The van der Waals surface area contributed by atoms with Gasteiger partial charge in [0.1, 0.15) is 0 Å². The largest absolute Gasteiger partial charge is 0.416 e.